The maximum absolute atomic E-state index is 5.88. The summed E-state index contributed by atoms with van der Waals surface area (Å²) >= 11 is 3.37. The number of benzene rings is 1. The van der Waals surface area contributed by atoms with Gasteiger partial charge in [-0.15, -0.1) is 0 Å². The van der Waals surface area contributed by atoms with Crippen LogP contribution in [0.3, 0.4) is 0 Å². The lowest BCUT2D eigenvalue weighted by Crippen LogP contribution is -2.07. The van der Waals surface area contributed by atoms with E-state index in [-0.39, 0.29) is 0 Å². The summed E-state index contributed by atoms with van der Waals surface area (Å²) < 4.78 is 11.0. The third kappa shape index (κ3) is 3.46. The van der Waals surface area contributed by atoms with E-state index in [0.29, 0.717) is 29.1 Å². The molecule has 0 amide bonds. The zero-order valence-corrected chi connectivity index (χ0v) is 13.0. The van der Waals surface area contributed by atoms with Crippen LogP contribution in [0.5, 0.6) is 5.75 Å². The molecule has 0 saturated heterocycles. The van der Waals surface area contributed by atoms with Gasteiger partial charge in [0.15, 0.2) is 0 Å². The van der Waals surface area contributed by atoms with Gasteiger partial charge in [-0.2, -0.15) is 0 Å². The number of ether oxygens (including phenoxy) is 2. The normalized spacial score (nSPS) is 10.6. The van der Waals surface area contributed by atoms with Crippen LogP contribution in [0.25, 0.3) is 0 Å². The maximum atomic E-state index is 5.88. The molecule has 0 fully saturated rings. The Morgan fingerprint density at radius 3 is 2.75 bits per heavy atom. The van der Waals surface area contributed by atoms with E-state index in [4.69, 9.17) is 15.2 Å². The second kappa shape index (κ2) is 6.67. The fourth-order valence-corrected chi connectivity index (χ4v) is 2.13. The molecular weight excluding hydrogens is 322 g/mol. The smallest absolute Gasteiger partial charge is 0.141 e. The Morgan fingerprint density at radius 1 is 1.25 bits per heavy atom. The summed E-state index contributed by atoms with van der Waals surface area (Å²) in [5.41, 5.74) is 7.70. The van der Waals surface area contributed by atoms with Crippen LogP contribution in [0.4, 0.5) is 5.82 Å². The Balaban J connectivity index is 2.28. The van der Waals surface area contributed by atoms with Crippen molar-refractivity contribution in [3.63, 3.8) is 0 Å². The van der Waals surface area contributed by atoms with Gasteiger partial charge in [0, 0.05) is 13.5 Å². The van der Waals surface area contributed by atoms with Gasteiger partial charge in [0.25, 0.3) is 0 Å². The van der Waals surface area contributed by atoms with Crippen LogP contribution in [0.1, 0.15) is 17.1 Å². The summed E-state index contributed by atoms with van der Waals surface area (Å²) in [4.78, 5) is 8.76. The highest BCUT2D eigenvalue weighted by molar-refractivity contribution is 9.10. The lowest BCUT2D eigenvalue weighted by molar-refractivity contribution is 0.180. The van der Waals surface area contributed by atoms with Gasteiger partial charge in [0.1, 0.15) is 17.4 Å². The number of methoxy groups -OCH3 is 2. The number of anilines is 1. The first-order chi connectivity index (χ1) is 9.63. The van der Waals surface area contributed by atoms with Crippen LogP contribution in [0, 0.1) is 0 Å². The van der Waals surface area contributed by atoms with Crippen LogP contribution >= 0.6 is 15.9 Å². The minimum Gasteiger partial charge on any atom is -0.497 e. The molecule has 106 valence electrons. The summed E-state index contributed by atoms with van der Waals surface area (Å²) in [5.74, 6) is 1.89. The fourth-order valence-electron chi connectivity index (χ4n) is 1.84. The van der Waals surface area contributed by atoms with Gasteiger partial charge in [-0.05, 0) is 33.6 Å². The van der Waals surface area contributed by atoms with Crippen LogP contribution in [-0.2, 0) is 17.8 Å². The molecule has 1 heterocycles. The van der Waals surface area contributed by atoms with Gasteiger partial charge in [0.2, 0.25) is 0 Å². The van der Waals surface area contributed by atoms with Crippen molar-refractivity contribution in [3.8, 4) is 5.75 Å². The van der Waals surface area contributed by atoms with Crippen molar-refractivity contribution in [1.29, 1.82) is 0 Å². The predicted octanol–water partition coefficient (Wildman–Crippen LogP) is 2.57. The number of halogens is 1. The van der Waals surface area contributed by atoms with E-state index in [1.807, 2.05) is 24.3 Å². The molecule has 2 rings (SSSR count). The molecule has 1 aromatic heterocycles. The molecule has 0 aliphatic heterocycles. The van der Waals surface area contributed by atoms with Crippen LogP contribution in [0.15, 0.2) is 28.7 Å². The zero-order valence-electron chi connectivity index (χ0n) is 11.4. The first kappa shape index (κ1) is 14.7. The summed E-state index contributed by atoms with van der Waals surface area (Å²) in [5, 5.41) is 0. The topological polar surface area (TPSA) is 70.3 Å². The Kier molecular flexibility index (Phi) is 4.92. The lowest BCUT2D eigenvalue weighted by Gasteiger charge is -2.09. The van der Waals surface area contributed by atoms with Gasteiger partial charge in [-0.25, -0.2) is 9.97 Å². The van der Waals surface area contributed by atoms with Crippen molar-refractivity contribution in [1.82, 2.24) is 9.97 Å². The molecule has 20 heavy (non-hydrogen) atoms. The predicted molar refractivity (Wildman–Crippen MR) is 80.7 cm³/mol. The number of aromatic nitrogens is 2. The molecule has 2 N–H and O–H groups in total. The minimum absolute atomic E-state index is 0.387. The number of rotatable bonds is 5. The van der Waals surface area contributed by atoms with E-state index in [9.17, 15) is 0 Å². The molecule has 0 atom stereocenters. The standard InChI is InChI=1S/C14H16BrN3O2/c1-19-8-11-13(15)14(16)18-12(17-11)7-9-4-3-5-10(6-9)20-2/h3-6H,7-8H2,1-2H3,(H2,16,17,18). The highest BCUT2D eigenvalue weighted by Crippen LogP contribution is 2.23. The van der Waals surface area contributed by atoms with Gasteiger partial charge in [-0.3, -0.25) is 0 Å². The molecule has 0 saturated carbocycles. The number of hydrogen-bond acceptors (Lipinski definition) is 5. The van der Waals surface area contributed by atoms with Gasteiger partial charge in [-0.1, -0.05) is 12.1 Å². The molecule has 0 aliphatic carbocycles. The summed E-state index contributed by atoms with van der Waals surface area (Å²) in [6, 6.07) is 7.79. The van der Waals surface area contributed by atoms with Crippen LogP contribution in [-0.4, -0.2) is 24.2 Å². The second-order valence-electron chi connectivity index (χ2n) is 4.25. The average molecular weight is 338 g/mol. The Bertz CT molecular complexity index is 605. The van der Waals surface area contributed by atoms with E-state index >= 15 is 0 Å². The molecule has 0 unspecified atom stereocenters. The number of hydrogen-bond donors (Lipinski definition) is 1. The number of nitrogens with zero attached hydrogens (tertiary/aromatic N) is 2. The molecule has 1 aromatic carbocycles. The van der Waals surface area contributed by atoms with Crippen LogP contribution < -0.4 is 10.5 Å². The van der Waals surface area contributed by atoms with E-state index in [2.05, 4.69) is 25.9 Å². The van der Waals surface area contributed by atoms with E-state index < -0.39 is 0 Å². The van der Waals surface area contributed by atoms with Crippen molar-refractivity contribution in [3.05, 3.63) is 45.8 Å². The fraction of sp³-hybridized carbons (Fsp3) is 0.286. The molecule has 5 nitrogen and oxygen atoms in total. The van der Waals surface area contributed by atoms with E-state index in [0.717, 1.165) is 17.0 Å². The molecule has 0 spiro atoms. The van der Waals surface area contributed by atoms with E-state index in [1.54, 1.807) is 14.2 Å². The minimum atomic E-state index is 0.387. The highest BCUT2D eigenvalue weighted by atomic mass is 79.9. The molecule has 0 bridgehead atoms. The van der Waals surface area contributed by atoms with E-state index in [1.165, 1.54) is 0 Å². The van der Waals surface area contributed by atoms with Crippen molar-refractivity contribution in [2.75, 3.05) is 20.0 Å². The largest absolute Gasteiger partial charge is 0.497 e. The van der Waals surface area contributed by atoms with Crippen molar-refractivity contribution in [2.45, 2.75) is 13.0 Å². The summed E-state index contributed by atoms with van der Waals surface area (Å²) in [7, 11) is 3.26. The average Bonchev–Trinajstić information content (AvgIpc) is 2.44. The van der Waals surface area contributed by atoms with Crippen molar-refractivity contribution < 1.29 is 9.47 Å². The number of nitrogen functional groups attached to an aromatic ring is 1. The van der Waals surface area contributed by atoms with Crippen LogP contribution in [0.2, 0.25) is 0 Å². The monoisotopic (exact) mass is 337 g/mol. The zero-order chi connectivity index (χ0) is 14.5. The first-order valence-corrected chi connectivity index (χ1v) is 6.86. The molecule has 0 radical (unpaired) electrons. The lowest BCUT2D eigenvalue weighted by atomic mass is 10.1. The van der Waals surface area contributed by atoms with Gasteiger partial charge < -0.3 is 15.2 Å². The Morgan fingerprint density at radius 2 is 2.05 bits per heavy atom. The first-order valence-electron chi connectivity index (χ1n) is 6.06. The third-order valence-corrected chi connectivity index (χ3v) is 3.63. The number of nitrogens with two attached hydrogens (primary N) is 1. The summed E-state index contributed by atoms with van der Waals surface area (Å²) in [6.45, 7) is 0.387. The summed E-state index contributed by atoms with van der Waals surface area (Å²) in [6.07, 6.45) is 0.589. The SMILES string of the molecule is COCc1nc(Cc2cccc(OC)c2)nc(N)c1Br. The third-order valence-electron chi connectivity index (χ3n) is 2.77. The van der Waals surface area contributed by atoms with Crippen molar-refractivity contribution >= 4 is 21.7 Å². The maximum Gasteiger partial charge on any atom is 0.141 e. The molecule has 0 aliphatic rings. The second-order valence-corrected chi connectivity index (χ2v) is 5.04. The van der Waals surface area contributed by atoms with Gasteiger partial charge >= 0.3 is 0 Å². The highest BCUT2D eigenvalue weighted by Gasteiger charge is 2.10. The molecule has 2 aromatic rings. The molecular formula is C14H16BrN3O2. The Labute approximate surface area is 126 Å². The molecule has 6 heteroatoms. The Hall–Kier alpha value is -1.66. The quantitative estimate of drug-likeness (QED) is 0.907. The van der Waals surface area contributed by atoms with Crippen molar-refractivity contribution in [2.24, 2.45) is 0 Å². The van der Waals surface area contributed by atoms with Gasteiger partial charge in [0.05, 0.1) is 23.9 Å².